The van der Waals surface area contributed by atoms with Gasteiger partial charge in [0.2, 0.25) is 15.9 Å². The van der Waals surface area contributed by atoms with E-state index in [1.807, 2.05) is 30.3 Å². The molecule has 5 nitrogen and oxygen atoms in total. The highest BCUT2D eigenvalue weighted by molar-refractivity contribution is 7.88. The first-order valence-electron chi connectivity index (χ1n) is 9.23. The molecule has 0 heterocycles. The predicted molar refractivity (Wildman–Crippen MR) is 101 cm³/mol. The molecule has 1 amide bonds. The fraction of sp³-hybridized carbons (Fsp3) is 0.632. The highest BCUT2D eigenvalue weighted by Crippen LogP contribution is 2.17. The molecule has 1 aromatic rings. The van der Waals surface area contributed by atoms with Crippen molar-refractivity contribution >= 4 is 15.9 Å². The lowest BCUT2D eigenvalue weighted by Crippen LogP contribution is -2.39. The van der Waals surface area contributed by atoms with Gasteiger partial charge in [-0.15, -0.1) is 0 Å². The van der Waals surface area contributed by atoms with Crippen molar-refractivity contribution in [2.75, 3.05) is 19.3 Å². The van der Waals surface area contributed by atoms with E-state index in [0.717, 1.165) is 25.7 Å². The fourth-order valence-electron chi connectivity index (χ4n) is 3.32. The first-order chi connectivity index (χ1) is 11.9. The number of nitrogens with one attached hydrogen (secondary N) is 1. The molecule has 1 fully saturated rings. The molecule has 2 rings (SSSR count). The van der Waals surface area contributed by atoms with Crippen LogP contribution in [0, 0.1) is 0 Å². The van der Waals surface area contributed by atoms with E-state index in [4.69, 9.17) is 0 Å². The number of hydrogen-bond donors (Lipinski definition) is 1. The number of carbonyl (C=O) groups is 1. The summed E-state index contributed by atoms with van der Waals surface area (Å²) in [6.45, 7) is 0.705. The molecule has 1 N–H and O–H groups in total. The summed E-state index contributed by atoms with van der Waals surface area (Å²) in [5.41, 5.74) is 1.20. The average molecular weight is 367 g/mol. The Bertz CT molecular complexity index is 625. The molecule has 0 aliphatic heterocycles. The maximum Gasteiger partial charge on any atom is 0.221 e. The molecule has 1 aromatic carbocycles. The molecular formula is C19H30N2O3S. The van der Waals surface area contributed by atoms with Gasteiger partial charge in [-0.25, -0.2) is 12.7 Å². The van der Waals surface area contributed by atoms with Gasteiger partial charge in [0, 0.05) is 25.6 Å². The van der Waals surface area contributed by atoms with E-state index in [0.29, 0.717) is 6.54 Å². The zero-order valence-electron chi connectivity index (χ0n) is 15.1. The Labute approximate surface area is 151 Å². The van der Waals surface area contributed by atoms with Crippen molar-refractivity contribution in [1.29, 1.82) is 0 Å². The van der Waals surface area contributed by atoms with E-state index in [-0.39, 0.29) is 24.9 Å². The lowest BCUT2D eigenvalue weighted by atomic mass is 9.95. The van der Waals surface area contributed by atoms with Crippen LogP contribution in [-0.4, -0.2) is 44.0 Å². The standard InChI is InChI=1S/C19H30N2O3S/c1-25(23,24)21(15-8-11-17-9-4-2-5-10-17)16-14-19(22)20-18-12-6-3-7-13-18/h2,4-5,9-10,18H,3,6-8,11-16H2,1H3,(H,20,22). The first-order valence-corrected chi connectivity index (χ1v) is 11.1. The van der Waals surface area contributed by atoms with E-state index in [1.54, 1.807) is 0 Å². The minimum atomic E-state index is -3.29. The lowest BCUT2D eigenvalue weighted by molar-refractivity contribution is -0.122. The van der Waals surface area contributed by atoms with E-state index in [1.165, 1.54) is 35.4 Å². The first kappa shape index (κ1) is 19.9. The van der Waals surface area contributed by atoms with Gasteiger partial charge in [-0.3, -0.25) is 4.79 Å². The third-order valence-electron chi connectivity index (χ3n) is 4.74. The van der Waals surface area contributed by atoms with Crippen molar-refractivity contribution in [2.45, 2.75) is 57.4 Å². The van der Waals surface area contributed by atoms with Gasteiger partial charge in [-0.05, 0) is 31.2 Å². The van der Waals surface area contributed by atoms with Crippen LogP contribution in [0.5, 0.6) is 0 Å². The molecule has 0 bridgehead atoms. The molecule has 0 atom stereocenters. The smallest absolute Gasteiger partial charge is 0.221 e. The fourth-order valence-corrected chi connectivity index (χ4v) is 4.20. The minimum Gasteiger partial charge on any atom is -0.353 e. The topological polar surface area (TPSA) is 66.5 Å². The normalized spacial score (nSPS) is 16.1. The van der Waals surface area contributed by atoms with E-state index < -0.39 is 10.0 Å². The largest absolute Gasteiger partial charge is 0.353 e. The van der Waals surface area contributed by atoms with Crippen molar-refractivity contribution in [3.63, 3.8) is 0 Å². The van der Waals surface area contributed by atoms with E-state index in [9.17, 15) is 13.2 Å². The number of nitrogens with zero attached hydrogens (tertiary/aromatic N) is 1. The summed E-state index contributed by atoms with van der Waals surface area (Å²) in [6, 6.07) is 10.3. The van der Waals surface area contributed by atoms with Crippen LogP contribution in [0.1, 0.15) is 50.5 Å². The number of carbonyl (C=O) groups excluding carboxylic acids is 1. The molecule has 1 saturated carbocycles. The van der Waals surface area contributed by atoms with E-state index in [2.05, 4.69) is 5.32 Å². The van der Waals surface area contributed by atoms with Crippen molar-refractivity contribution in [3.8, 4) is 0 Å². The average Bonchev–Trinajstić information content (AvgIpc) is 2.58. The van der Waals surface area contributed by atoms with Crippen LogP contribution < -0.4 is 5.32 Å². The monoisotopic (exact) mass is 366 g/mol. The molecule has 1 aliphatic carbocycles. The number of aryl methyl sites for hydroxylation is 1. The second-order valence-corrected chi connectivity index (χ2v) is 8.89. The highest BCUT2D eigenvalue weighted by atomic mass is 32.2. The van der Waals surface area contributed by atoms with Gasteiger partial charge >= 0.3 is 0 Å². The second kappa shape index (κ2) is 9.92. The number of rotatable bonds is 9. The Morgan fingerprint density at radius 2 is 1.80 bits per heavy atom. The third-order valence-corrected chi connectivity index (χ3v) is 6.05. The summed E-state index contributed by atoms with van der Waals surface area (Å²) in [4.78, 5) is 12.1. The van der Waals surface area contributed by atoms with Crippen LogP contribution in [-0.2, 0) is 21.2 Å². The Morgan fingerprint density at radius 3 is 2.44 bits per heavy atom. The van der Waals surface area contributed by atoms with Crippen LogP contribution >= 0.6 is 0 Å². The summed E-state index contributed by atoms with van der Waals surface area (Å²) in [6.07, 6.45) is 8.69. The summed E-state index contributed by atoms with van der Waals surface area (Å²) in [5.74, 6) is -0.0383. The predicted octanol–water partition coefficient (Wildman–Crippen LogP) is 2.72. The molecule has 0 saturated heterocycles. The number of hydrogen-bond acceptors (Lipinski definition) is 3. The second-order valence-electron chi connectivity index (χ2n) is 6.90. The SMILES string of the molecule is CS(=O)(=O)N(CCCc1ccccc1)CCC(=O)NC1CCCCC1. The Kier molecular flexibility index (Phi) is 7.90. The van der Waals surface area contributed by atoms with E-state index >= 15 is 0 Å². The third kappa shape index (κ3) is 7.57. The molecule has 0 radical (unpaired) electrons. The van der Waals surface area contributed by atoms with Crippen LogP contribution in [0.25, 0.3) is 0 Å². The molecular weight excluding hydrogens is 336 g/mol. The Balaban J connectivity index is 1.76. The summed E-state index contributed by atoms with van der Waals surface area (Å²) >= 11 is 0. The maximum absolute atomic E-state index is 12.1. The number of sulfonamides is 1. The molecule has 1 aliphatic rings. The lowest BCUT2D eigenvalue weighted by Gasteiger charge is -2.24. The maximum atomic E-state index is 12.1. The van der Waals surface area contributed by atoms with Gasteiger partial charge in [0.15, 0.2) is 0 Å². The van der Waals surface area contributed by atoms with Gasteiger partial charge in [0.25, 0.3) is 0 Å². The van der Waals surface area contributed by atoms with Gasteiger partial charge in [0.05, 0.1) is 6.26 Å². The molecule has 25 heavy (non-hydrogen) atoms. The van der Waals surface area contributed by atoms with Gasteiger partial charge in [0.1, 0.15) is 0 Å². The number of benzene rings is 1. The van der Waals surface area contributed by atoms with Gasteiger partial charge in [-0.1, -0.05) is 49.6 Å². The molecule has 0 spiro atoms. The minimum absolute atomic E-state index is 0.0383. The van der Waals surface area contributed by atoms with Crippen LogP contribution in [0.4, 0.5) is 0 Å². The summed E-state index contributed by atoms with van der Waals surface area (Å²) < 4.78 is 25.4. The Morgan fingerprint density at radius 1 is 1.12 bits per heavy atom. The van der Waals surface area contributed by atoms with Gasteiger partial charge in [-0.2, -0.15) is 0 Å². The quantitative estimate of drug-likeness (QED) is 0.731. The molecule has 0 aromatic heterocycles. The molecule has 0 unspecified atom stereocenters. The Hall–Kier alpha value is -1.40. The van der Waals surface area contributed by atoms with Crippen LogP contribution in [0.15, 0.2) is 30.3 Å². The summed E-state index contributed by atoms with van der Waals surface area (Å²) in [5, 5.41) is 3.05. The van der Waals surface area contributed by atoms with Crippen molar-refractivity contribution in [3.05, 3.63) is 35.9 Å². The van der Waals surface area contributed by atoms with Crippen molar-refractivity contribution in [1.82, 2.24) is 9.62 Å². The van der Waals surface area contributed by atoms with Crippen LogP contribution in [0.2, 0.25) is 0 Å². The highest BCUT2D eigenvalue weighted by Gasteiger charge is 2.19. The number of amides is 1. The zero-order chi connectivity index (χ0) is 18.1. The summed E-state index contributed by atoms with van der Waals surface area (Å²) in [7, 11) is -3.29. The molecule has 140 valence electrons. The van der Waals surface area contributed by atoms with Gasteiger partial charge < -0.3 is 5.32 Å². The molecule has 6 heteroatoms. The van der Waals surface area contributed by atoms with Crippen molar-refractivity contribution in [2.24, 2.45) is 0 Å². The van der Waals surface area contributed by atoms with Crippen LogP contribution in [0.3, 0.4) is 0 Å². The van der Waals surface area contributed by atoms with Crippen molar-refractivity contribution < 1.29 is 13.2 Å². The zero-order valence-corrected chi connectivity index (χ0v) is 15.9.